The van der Waals surface area contributed by atoms with Crippen molar-refractivity contribution in [3.63, 3.8) is 0 Å². The second-order valence-corrected chi connectivity index (χ2v) is 2.59. The third kappa shape index (κ3) is 1.99. The van der Waals surface area contributed by atoms with Gasteiger partial charge in [-0.25, -0.2) is 14.8 Å². The standard InChI is InChI=1S/C9H12N2O3/c1-3-6-7(9(13)14-4-2)8(12)11-5-10-6/h5H,3-4H2,1-2H3,(H,10,11,12). The molecular weight excluding hydrogens is 184 g/mol. The van der Waals surface area contributed by atoms with Crippen LogP contribution in [0.15, 0.2) is 6.33 Å². The summed E-state index contributed by atoms with van der Waals surface area (Å²) in [6.45, 7) is 3.80. The van der Waals surface area contributed by atoms with Crippen LogP contribution in [0.1, 0.15) is 29.9 Å². The van der Waals surface area contributed by atoms with Crippen LogP contribution in [0, 0.1) is 0 Å². The lowest BCUT2D eigenvalue weighted by atomic mass is 10.2. The topological polar surface area (TPSA) is 72.3 Å². The average molecular weight is 196 g/mol. The number of aromatic hydroxyl groups is 1. The molecule has 0 saturated carbocycles. The molecule has 76 valence electrons. The van der Waals surface area contributed by atoms with E-state index in [1.54, 1.807) is 6.92 Å². The maximum absolute atomic E-state index is 11.4. The highest BCUT2D eigenvalue weighted by molar-refractivity contribution is 5.92. The Balaban J connectivity index is 3.10. The van der Waals surface area contributed by atoms with Crippen LogP contribution in [-0.4, -0.2) is 27.7 Å². The van der Waals surface area contributed by atoms with E-state index < -0.39 is 5.97 Å². The number of rotatable bonds is 3. The molecular formula is C9H12N2O3. The fourth-order valence-corrected chi connectivity index (χ4v) is 1.09. The number of hydrogen-bond donors (Lipinski definition) is 1. The first-order valence-electron chi connectivity index (χ1n) is 4.40. The summed E-state index contributed by atoms with van der Waals surface area (Å²) in [5.74, 6) is -0.905. The van der Waals surface area contributed by atoms with Gasteiger partial charge in [-0.15, -0.1) is 0 Å². The minimum atomic E-state index is -0.581. The number of carbonyl (C=O) groups excluding carboxylic acids is 1. The van der Waals surface area contributed by atoms with Crippen LogP contribution in [-0.2, 0) is 11.2 Å². The third-order valence-corrected chi connectivity index (χ3v) is 1.72. The Morgan fingerprint density at radius 2 is 2.21 bits per heavy atom. The van der Waals surface area contributed by atoms with Crippen LogP contribution in [0.2, 0.25) is 0 Å². The van der Waals surface area contributed by atoms with Crippen molar-refractivity contribution < 1.29 is 14.6 Å². The highest BCUT2D eigenvalue weighted by Crippen LogP contribution is 2.17. The summed E-state index contributed by atoms with van der Waals surface area (Å²) < 4.78 is 4.77. The van der Waals surface area contributed by atoms with Crippen LogP contribution < -0.4 is 0 Å². The summed E-state index contributed by atoms with van der Waals surface area (Å²) >= 11 is 0. The highest BCUT2D eigenvalue weighted by atomic mass is 16.5. The van der Waals surface area contributed by atoms with Crippen molar-refractivity contribution >= 4 is 5.97 Å². The quantitative estimate of drug-likeness (QED) is 0.728. The molecule has 0 aliphatic carbocycles. The summed E-state index contributed by atoms with van der Waals surface area (Å²) in [7, 11) is 0. The predicted molar refractivity (Wildman–Crippen MR) is 49.0 cm³/mol. The third-order valence-electron chi connectivity index (χ3n) is 1.72. The molecule has 0 radical (unpaired) electrons. The van der Waals surface area contributed by atoms with Crippen LogP contribution in [0.25, 0.3) is 0 Å². The number of aryl methyl sites for hydroxylation is 1. The predicted octanol–water partition coefficient (Wildman–Crippen LogP) is 0.921. The Morgan fingerprint density at radius 3 is 2.79 bits per heavy atom. The molecule has 14 heavy (non-hydrogen) atoms. The maximum atomic E-state index is 11.4. The van der Waals surface area contributed by atoms with E-state index in [4.69, 9.17) is 4.74 Å². The van der Waals surface area contributed by atoms with Crippen molar-refractivity contribution in [3.05, 3.63) is 17.6 Å². The zero-order valence-electron chi connectivity index (χ0n) is 8.15. The van der Waals surface area contributed by atoms with E-state index in [1.165, 1.54) is 6.33 Å². The molecule has 1 rings (SSSR count). The first-order chi connectivity index (χ1) is 6.70. The van der Waals surface area contributed by atoms with E-state index in [1.807, 2.05) is 6.92 Å². The van der Waals surface area contributed by atoms with Gasteiger partial charge in [0, 0.05) is 0 Å². The van der Waals surface area contributed by atoms with Crippen molar-refractivity contribution in [1.82, 2.24) is 9.97 Å². The summed E-state index contributed by atoms with van der Waals surface area (Å²) in [4.78, 5) is 18.8. The fourth-order valence-electron chi connectivity index (χ4n) is 1.09. The average Bonchev–Trinajstić information content (AvgIpc) is 2.17. The van der Waals surface area contributed by atoms with Gasteiger partial charge in [-0.3, -0.25) is 0 Å². The van der Waals surface area contributed by atoms with Crippen LogP contribution in [0.4, 0.5) is 0 Å². The summed E-state index contributed by atoms with van der Waals surface area (Å²) in [6.07, 6.45) is 1.76. The van der Waals surface area contributed by atoms with Crippen LogP contribution in [0.3, 0.4) is 0 Å². The van der Waals surface area contributed by atoms with Gasteiger partial charge in [0.05, 0.1) is 12.3 Å². The van der Waals surface area contributed by atoms with Gasteiger partial charge in [0.2, 0.25) is 5.88 Å². The Labute approximate surface area is 81.8 Å². The molecule has 1 N–H and O–H groups in total. The molecule has 5 nitrogen and oxygen atoms in total. The van der Waals surface area contributed by atoms with Crippen molar-refractivity contribution in [2.24, 2.45) is 0 Å². The van der Waals surface area contributed by atoms with Gasteiger partial charge >= 0.3 is 5.97 Å². The maximum Gasteiger partial charge on any atom is 0.345 e. The molecule has 0 aromatic carbocycles. The zero-order valence-corrected chi connectivity index (χ0v) is 8.15. The van der Waals surface area contributed by atoms with Gasteiger partial charge in [-0.05, 0) is 13.3 Å². The van der Waals surface area contributed by atoms with Gasteiger partial charge in [0.1, 0.15) is 11.9 Å². The molecule has 5 heteroatoms. The monoisotopic (exact) mass is 196 g/mol. The zero-order chi connectivity index (χ0) is 10.6. The number of aromatic nitrogens is 2. The number of esters is 1. The van der Waals surface area contributed by atoms with Gasteiger partial charge in [0.25, 0.3) is 0 Å². The first-order valence-corrected chi connectivity index (χ1v) is 4.40. The Bertz CT molecular complexity index is 339. The fraction of sp³-hybridized carbons (Fsp3) is 0.444. The largest absolute Gasteiger partial charge is 0.493 e. The molecule has 0 unspecified atom stereocenters. The summed E-state index contributed by atoms with van der Waals surface area (Å²) in [6, 6.07) is 0. The van der Waals surface area contributed by atoms with Crippen molar-refractivity contribution in [2.45, 2.75) is 20.3 Å². The number of hydrogen-bond acceptors (Lipinski definition) is 5. The van der Waals surface area contributed by atoms with E-state index in [0.717, 1.165) is 0 Å². The lowest BCUT2D eigenvalue weighted by molar-refractivity contribution is 0.0520. The lowest BCUT2D eigenvalue weighted by Gasteiger charge is -2.06. The molecule has 0 saturated heterocycles. The summed E-state index contributed by atoms with van der Waals surface area (Å²) in [5, 5.41) is 9.37. The minimum Gasteiger partial charge on any atom is -0.493 e. The van der Waals surface area contributed by atoms with E-state index in [9.17, 15) is 9.90 Å². The van der Waals surface area contributed by atoms with E-state index in [2.05, 4.69) is 9.97 Å². The second kappa shape index (κ2) is 4.55. The molecule has 0 amide bonds. The summed E-state index contributed by atoms with van der Waals surface area (Å²) in [5.41, 5.74) is 0.563. The smallest absolute Gasteiger partial charge is 0.345 e. The van der Waals surface area contributed by atoms with Crippen molar-refractivity contribution in [1.29, 1.82) is 0 Å². The normalized spacial score (nSPS) is 9.86. The number of carbonyl (C=O) groups is 1. The molecule has 0 atom stereocenters. The van der Waals surface area contributed by atoms with Crippen LogP contribution in [0.5, 0.6) is 5.88 Å². The highest BCUT2D eigenvalue weighted by Gasteiger charge is 2.18. The SMILES string of the molecule is CCOC(=O)c1c(O)ncnc1CC. The van der Waals surface area contributed by atoms with Gasteiger partial charge < -0.3 is 9.84 Å². The van der Waals surface area contributed by atoms with E-state index in [0.29, 0.717) is 12.1 Å². The molecule has 0 fully saturated rings. The number of ether oxygens (including phenoxy) is 1. The van der Waals surface area contributed by atoms with Crippen LogP contribution >= 0.6 is 0 Å². The molecule has 0 aliphatic rings. The van der Waals surface area contributed by atoms with Gasteiger partial charge in [-0.2, -0.15) is 0 Å². The van der Waals surface area contributed by atoms with Crippen molar-refractivity contribution in [2.75, 3.05) is 6.61 Å². The molecule has 0 bridgehead atoms. The minimum absolute atomic E-state index is 0.0665. The molecule has 1 aromatic heterocycles. The second-order valence-electron chi connectivity index (χ2n) is 2.59. The number of nitrogens with zero attached hydrogens (tertiary/aromatic N) is 2. The molecule has 0 spiro atoms. The van der Waals surface area contributed by atoms with E-state index in [-0.39, 0.29) is 18.1 Å². The Morgan fingerprint density at radius 1 is 1.50 bits per heavy atom. The van der Waals surface area contributed by atoms with Gasteiger partial charge in [-0.1, -0.05) is 6.92 Å². The van der Waals surface area contributed by atoms with Gasteiger partial charge in [0.15, 0.2) is 0 Å². The first kappa shape index (κ1) is 10.4. The Hall–Kier alpha value is -1.65. The lowest BCUT2D eigenvalue weighted by Crippen LogP contribution is -2.10. The molecule has 0 aliphatic heterocycles. The molecule has 1 aromatic rings. The Kier molecular flexibility index (Phi) is 3.39. The van der Waals surface area contributed by atoms with E-state index >= 15 is 0 Å². The van der Waals surface area contributed by atoms with Crippen molar-refractivity contribution in [3.8, 4) is 5.88 Å². The molecule has 1 heterocycles.